The Morgan fingerprint density at radius 2 is 1.89 bits per heavy atom. The van der Waals surface area contributed by atoms with Crippen LogP contribution in [0.3, 0.4) is 0 Å². The zero-order valence-electron chi connectivity index (χ0n) is 11.3. The van der Waals surface area contributed by atoms with Gasteiger partial charge in [-0.3, -0.25) is 9.59 Å². The van der Waals surface area contributed by atoms with Gasteiger partial charge < -0.3 is 15.7 Å². The molecular weight excluding hydrogens is 264 g/mol. The highest BCUT2D eigenvalue weighted by molar-refractivity contribution is 7.14. The standard InChI is InChI=1S/C13H20N2O3S/c1-3-5-15(6-4-2)13(18)11-9(7-10(16)17)8-19-12(11)14/h8H,3-7,14H2,1-2H3,(H,16,17). The molecule has 1 aromatic rings. The van der Waals surface area contributed by atoms with Gasteiger partial charge in [0.1, 0.15) is 0 Å². The molecule has 1 aromatic heterocycles. The predicted octanol–water partition coefficient (Wildman–Crippen LogP) is 2.22. The van der Waals surface area contributed by atoms with E-state index >= 15 is 0 Å². The van der Waals surface area contributed by atoms with Gasteiger partial charge in [0.2, 0.25) is 0 Å². The summed E-state index contributed by atoms with van der Waals surface area (Å²) in [6.07, 6.45) is 1.56. The second-order valence-electron chi connectivity index (χ2n) is 4.36. The van der Waals surface area contributed by atoms with Gasteiger partial charge in [0.25, 0.3) is 5.91 Å². The zero-order chi connectivity index (χ0) is 14.4. The van der Waals surface area contributed by atoms with E-state index in [1.807, 2.05) is 13.8 Å². The molecule has 0 aliphatic rings. The first-order valence-electron chi connectivity index (χ1n) is 6.38. The Hall–Kier alpha value is -1.56. The average molecular weight is 284 g/mol. The van der Waals surface area contributed by atoms with Crippen LogP contribution in [0.15, 0.2) is 5.38 Å². The number of amides is 1. The minimum absolute atomic E-state index is 0.154. The topological polar surface area (TPSA) is 83.6 Å². The summed E-state index contributed by atoms with van der Waals surface area (Å²) >= 11 is 1.22. The van der Waals surface area contributed by atoms with Gasteiger partial charge in [-0.2, -0.15) is 0 Å². The molecular formula is C13H20N2O3S. The molecule has 0 aliphatic heterocycles. The van der Waals surface area contributed by atoms with Crippen molar-refractivity contribution >= 4 is 28.2 Å². The van der Waals surface area contributed by atoms with Crippen molar-refractivity contribution in [2.45, 2.75) is 33.1 Å². The third-order valence-electron chi connectivity index (χ3n) is 2.73. The van der Waals surface area contributed by atoms with Crippen molar-refractivity contribution in [3.63, 3.8) is 0 Å². The highest BCUT2D eigenvalue weighted by Gasteiger charge is 2.23. The quantitative estimate of drug-likeness (QED) is 0.804. The van der Waals surface area contributed by atoms with Gasteiger partial charge in [-0.15, -0.1) is 11.3 Å². The molecule has 0 saturated heterocycles. The Balaban J connectivity index is 3.02. The fourth-order valence-corrected chi connectivity index (χ4v) is 2.77. The number of nitrogens with zero attached hydrogens (tertiary/aromatic N) is 1. The summed E-state index contributed by atoms with van der Waals surface area (Å²) in [5, 5.41) is 10.9. The van der Waals surface area contributed by atoms with E-state index < -0.39 is 5.97 Å². The molecule has 0 aromatic carbocycles. The Labute approximate surface area is 117 Å². The molecule has 5 nitrogen and oxygen atoms in total. The predicted molar refractivity (Wildman–Crippen MR) is 76.6 cm³/mol. The van der Waals surface area contributed by atoms with Crippen LogP contribution in [0.25, 0.3) is 0 Å². The normalized spacial score (nSPS) is 10.4. The van der Waals surface area contributed by atoms with Crippen molar-refractivity contribution in [3.8, 4) is 0 Å². The molecule has 3 N–H and O–H groups in total. The van der Waals surface area contributed by atoms with Crippen LogP contribution in [0, 0.1) is 0 Å². The van der Waals surface area contributed by atoms with Crippen molar-refractivity contribution in [1.82, 2.24) is 4.90 Å². The number of anilines is 1. The number of carboxylic acid groups (broad SMARTS) is 1. The molecule has 0 atom stereocenters. The van der Waals surface area contributed by atoms with Gasteiger partial charge in [0.15, 0.2) is 0 Å². The van der Waals surface area contributed by atoms with Gasteiger partial charge >= 0.3 is 5.97 Å². The van der Waals surface area contributed by atoms with Crippen molar-refractivity contribution in [1.29, 1.82) is 0 Å². The molecule has 0 aliphatic carbocycles. The van der Waals surface area contributed by atoms with Crippen LogP contribution in [-0.2, 0) is 11.2 Å². The summed E-state index contributed by atoms with van der Waals surface area (Å²) in [6, 6.07) is 0. The Bertz CT molecular complexity index is 451. The van der Waals surface area contributed by atoms with Crippen molar-refractivity contribution in [2.24, 2.45) is 0 Å². The molecule has 0 unspecified atom stereocenters. The lowest BCUT2D eigenvalue weighted by Gasteiger charge is -2.22. The monoisotopic (exact) mass is 284 g/mol. The summed E-state index contributed by atoms with van der Waals surface area (Å²) in [5.41, 5.74) is 6.71. The zero-order valence-corrected chi connectivity index (χ0v) is 12.1. The van der Waals surface area contributed by atoms with E-state index in [-0.39, 0.29) is 12.3 Å². The van der Waals surface area contributed by atoms with E-state index in [0.717, 1.165) is 12.8 Å². The minimum atomic E-state index is -0.954. The average Bonchev–Trinajstić information content (AvgIpc) is 2.68. The fourth-order valence-electron chi connectivity index (χ4n) is 1.96. The molecule has 0 radical (unpaired) electrons. The van der Waals surface area contributed by atoms with E-state index in [4.69, 9.17) is 10.8 Å². The molecule has 6 heteroatoms. The summed E-state index contributed by atoms with van der Waals surface area (Å²) < 4.78 is 0. The number of hydrogen-bond acceptors (Lipinski definition) is 4. The van der Waals surface area contributed by atoms with Crippen LogP contribution in [-0.4, -0.2) is 35.0 Å². The van der Waals surface area contributed by atoms with Crippen LogP contribution in [0.1, 0.15) is 42.6 Å². The summed E-state index contributed by atoms with van der Waals surface area (Å²) in [6.45, 7) is 5.33. The number of thiophene rings is 1. The maximum atomic E-state index is 12.5. The number of carbonyl (C=O) groups excluding carboxylic acids is 1. The van der Waals surface area contributed by atoms with Gasteiger partial charge in [-0.05, 0) is 23.8 Å². The minimum Gasteiger partial charge on any atom is -0.481 e. The van der Waals surface area contributed by atoms with E-state index in [9.17, 15) is 9.59 Å². The lowest BCUT2D eigenvalue weighted by atomic mass is 10.1. The highest BCUT2D eigenvalue weighted by atomic mass is 32.1. The van der Waals surface area contributed by atoms with Gasteiger partial charge in [-0.25, -0.2) is 0 Å². The van der Waals surface area contributed by atoms with Crippen LogP contribution < -0.4 is 5.73 Å². The summed E-state index contributed by atoms with van der Waals surface area (Å²) in [4.78, 5) is 25.0. The number of nitrogen functional groups attached to an aromatic ring is 1. The van der Waals surface area contributed by atoms with Crippen molar-refractivity contribution in [3.05, 3.63) is 16.5 Å². The second kappa shape index (κ2) is 7.13. The number of aliphatic carboxylic acids is 1. The Kier molecular flexibility index (Phi) is 5.82. The van der Waals surface area contributed by atoms with Crippen LogP contribution >= 0.6 is 11.3 Å². The van der Waals surface area contributed by atoms with Gasteiger partial charge in [-0.1, -0.05) is 13.8 Å². The molecule has 0 spiro atoms. The van der Waals surface area contributed by atoms with Crippen molar-refractivity contribution < 1.29 is 14.7 Å². The van der Waals surface area contributed by atoms with Crippen LogP contribution in [0.2, 0.25) is 0 Å². The third kappa shape index (κ3) is 3.96. The number of carbonyl (C=O) groups is 2. The SMILES string of the molecule is CCCN(CCC)C(=O)c1c(CC(=O)O)csc1N. The van der Waals surface area contributed by atoms with E-state index in [0.29, 0.717) is 29.2 Å². The lowest BCUT2D eigenvalue weighted by Crippen LogP contribution is -2.33. The Morgan fingerprint density at radius 1 is 1.32 bits per heavy atom. The molecule has 1 rings (SSSR count). The molecule has 1 amide bonds. The first kappa shape index (κ1) is 15.5. The van der Waals surface area contributed by atoms with Crippen LogP contribution in [0.4, 0.5) is 5.00 Å². The van der Waals surface area contributed by atoms with Gasteiger partial charge in [0, 0.05) is 13.1 Å². The molecule has 0 bridgehead atoms. The second-order valence-corrected chi connectivity index (χ2v) is 5.27. The van der Waals surface area contributed by atoms with Crippen molar-refractivity contribution in [2.75, 3.05) is 18.8 Å². The molecule has 106 valence electrons. The first-order chi connectivity index (χ1) is 9.01. The highest BCUT2D eigenvalue weighted by Crippen LogP contribution is 2.27. The Morgan fingerprint density at radius 3 is 2.37 bits per heavy atom. The van der Waals surface area contributed by atoms with E-state index in [1.165, 1.54) is 11.3 Å². The number of nitrogens with two attached hydrogens (primary N) is 1. The van der Waals surface area contributed by atoms with E-state index in [1.54, 1.807) is 10.3 Å². The fraction of sp³-hybridized carbons (Fsp3) is 0.538. The third-order valence-corrected chi connectivity index (χ3v) is 3.59. The smallest absolute Gasteiger partial charge is 0.307 e. The van der Waals surface area contributed by atoms with Gasteiger partial charge in [0.05, 0.1) is 17.0 Å². The number of carboxylic acids is 1. The summed E-state index contributed by atoms with van der Waals surface area (Å²) in [5.74, 6) is -1.11. The molecule has 19 heavy (non-hydrogen) atoms. The molecule has 0 saturated carbocycles. The van der Waals surface area contributed by atoms with Crippen LogP contribution in [0.5, 0.6) is 0 Å². The number of rotatable bonds is 7. The largest absolute Gasteiger partial charge is 0.481 e. The number of hydrogen-bond donors (Lipinski definition) is 2. The molecule has 0 fully saturated rings. The summed E-state index contributed by atoms with van der Waals surface area (Å²) in [7, 11) is 0. The lowest BCUT2D eigenvalue weighted by molar-refractivity contribution is -0.136. The molecule has 1 heterocycles. The van der Waals surface area contributed by atoms with E-state index in [2.05, 4.69) is 0 Å². The maximum Gasteiger partial charge on any atom is 0.307 e. The maximum absolute atomic E-state index is 12.5. The first-order valence-corrected chi connectivity index (χ1v) is 7.26.